The molecule has 1 aromatic rings. The van der Waals surface area contributed by atoms with Crippen molar-refractivity contribution in [2.45, 2.75) is 12.8 Å². The molecular weight excluding hydrogens is 198 g/mol. The Labute approximate surface area is 95.8 Å². The zero-order valence-corrected chi connectivity index (χ0v) is 9.52. The Morgan fingerprint density at radius 3 is 3.00 bits per heavy atom. The van der Waals surface area contributed by atoms with Gasteiger partial charge in [0.05, 0.1) is 24.6 Å². The summed E-state index contributed by atoms with van der Waals surface area (Å²) in [6.45, 7) is 4.82. The van der Waals surface area contributed by atoms with E-state index in [1.165, 1.54) is 5.56 Å². The molecule has 2 nitrogen and oxygen atoms in total. The minimum absolute atomic E-state index is 0.304. The molecule has 0 spiro atoms. The van der Waals surface area contributed by atoms with Gasteiger partial charge < -0.3 is 0 Å². The zero-order valence-electron chi connectivity index (χ0n) is 9.52. The summed E-state index contributed by atoms with van der Waals surface area (Å²) in [5.41, 5.74) is 2.15. The number of quaternary nitrogens is 1. The van der Waals surface area contributed by atoms with Crippen LogP contribution in [-0.2, 0) is 0 Å². The molecule has 2 unspecified atom stereocenters. The number of nitrogens with zero attached hydrogens (tertiary/aromatic N) is 1. The fourth-order valence-corrected chi connectivity index (χ4v) is 2.98. The fraction of sp³-hybridized carbons (Fsp3) is 0.357. The van der Waals surface area contributed by atoms with Crippen molar-refractivity contribution in [2.75, 3.05) is 19.6 Å². The van der Waals surface area contributed by atoms with E-state index in [9.17, 15) is 4.79 Å². The van der Waals surface area contributed by atoms with E-state index in [-0.39, 0.29) is 0 Å². The van der Waals surface area contributed by atoms with Crippen molar-refractivity contribution < 1.29 is 9.28 Å². The van der Waals surface area contributed by atoms with Crippen molar-refractivity contribution in [1.82, 2.24) is 0 Å². The summed E-state index contributed by atoms with van der Waals surface area (Å²) >= 11 is 0. The largest absolute Gasteiger partial charge is 0.346 e. The molecule has 1 aromatic carbocycles. The molecule has 0 aliphatic carbocycles. The highest BCUT2D eigenvalue weighted by Gasteiger charge is 2.45. The number of fused-ring (bicyclic) bond motifs is 4. The van der Waals surface area contributed by atoms with Gasteiger partial charge in [0.1, 0.15) is 6.54 Å². The van der Waals surface area contributed by atoms with E-state index in [0.717, 1.165) is 25.2 Å². The zero-order chi connectivity index (χ0) is 11.2. The summed E-state index contributed by atoms with van der Waals surface area (Å²) in [5, 5.41) is 0. The van der Waals surface area contributed by atoms with E-state index in [0.29, 0.717) is 16.3 Å². The van der Waals surface area contributed by atoms with E-state index in [1.807, 2.05) is 18.2 Å². The second-order valence-corrected chi connectivity index (χ2v) is 4.75. The van der Waals surface area contributed by atoms with Gasteiger partial charge in [0.25, 0.3) is 0 Å². The molecule has 2 atom stereocenters. The van der Waals surface area contributed by atoms with Gasteiger partial charge in [0.15, 0.2) is 0 Å². The molecular formula is C14H16NO+. The second-order valence-electron chi connectivity index (χ2n) is 4.75. The van der Waals surface area contributed by atoms with Gasteiger partial charge in [-0.15, -0.1) is 0 Å². The average molecular weight is 214 g/mol. The maximum Gasteiger partial charge on any atom is 0.346 e. The van der Waals surface area contributed by atoms with Gasteiger partial charge in [-0.3, -0.25) is 4.48 Å². The van der Waals surface area contributed by atoms with Crippen LogP contribution in [-0.4, -0.2) is 30.0 Å². The van der Waals surface area contributed by atoms with Crippen LogP contribution in [0.25, 0.3) is 0 Å². The van der Waals surface area contributed by atoms with Crippen LogP contribution in [0, 0.1) is 0 Å². The van der Waals surface area contributed by atoms with Gasteiger partial charge in [0, 0.05) is 0 Å². The first-order chi connectivity index (χ1) is 7.77. The number of rotatable bonds is 1. The fourth-order valence-electron chi connectivity index (χ4n) is 2.98. The molecule has 2 bridgehead atoms. The molecule has 16 heavy (non-hydrogen) atoms. The first-order valence-electron chi connectivity index (χ1n) is 5.93. The predicted molar refractivity (Wildman–Crippen MR) is 63.2 cm³/mol. The molecule has 0 saturated carbocycles. The Bertz CT molecular complexity index is 477. The summed E-state index contributed by atoms with van der Waals surface area (Å²) in [6, 6.07) is 8.07. The number of amides is 1. The number of likely N-dealkylation sites (N-methyl/N-ethyl adjacent to an activating group) is 1. The van der Waals surface area contributed by atoms with E-state index >= 15 is 0 Å². The van der Waals surface area contributed by atoms with Crippen LogP contribution < -0.4 is 0 Å². The molecule has 2 heterocycles. The summed E-state index contributed by atoms with van der Waals surface area (Å²) in [7, 11) is 0. The van der Waals surface area contributed by atoms with Crippen molar-refractivity contribution in [2.24, 2.45) is 0 Å². The van der Waals surface area contributed by atoms with Crippen LogP contribution in [0.1, 0.15) is 28.8 Å². The minimum atomic E-state index is 0.304. The lowest BCUT2D eigenvalue weighted by Gasteiger charge is -2.43. The van der Waals surface area contributed by atoms with Crippen molar-refractivity contribution in [3.05, 3.63) is 47.5 Å². The number of carbonyl (C=O) groups excluding carboxylic acids is 1. The standard InChI is InChI=1S/C14H16NO/c1-2-15-9-5-6-11(10-15)12-7-3-4-8-13(12)14(15)16/h3-8,11H,2,9-10H2,1H3/q+1. The van der Waals surface area contributed by atoms with Crippen molar-refractivity contribution in [1.29, 1.82) is 0 Å². The van der Waals surface area contributed by atoms with Crippen LogP contribution in [0.5, 0.6) is 0 Å². The first kappa shape index (κ1) is 9.79. The highest BCUT2D eigenvalue weighted by molar-refractivity contribution is 5.92. The van der Waals surface area contributed by atoms with Gasteiger partial charge >= 0.3 is 5.91 Å². The third-order valence-corrected chi connectivity index (χ3v) is 4.00. The number of carbonyl (C=O) groups is 1. The lowest BCUT2D eigenvalue weighted by Crippen LogP contribution is -2.58. The van der Waals surface area contributed by atoms with Gasteiger partial charge in [-0.25, -0.2) is 4.79 Å². The Hall–Kier alpha value is -1.41. The summed E-state index contributed by atoms with van der Waals surface area (Å²) < 4.78 is 0.609. The number of hydrogen-bond donors (Lipinski definition) is 0. The summed E-state index contributed by atoms with van der Waals surface area (Å²) in [4.78, 5) is 12.5. The first-order valence-corrected chi connectivity index (χ1v) is 5.93. The molecule has 1 amide bonds. The van der Waals surface area contributed by atoms with Gasteiger partial charge in [-0.2, -0.15) is 0 Å². The lowest BCUT2D eigenvalue weighted by atomic mass is 9.85. The van der Waals surface area contributed by atoms with Gasteiger partial charge in [0.2, 0.25) is 0 Å². The second kappa shape index (κ2) is 3.29. The SMILES string of the molecule is CC[N+]12CC=CC(C1)c1ccccc1C2=O. The minimum Gasteiger partial charge on any atom is -0.252 e. The van der Waals surface area contributed by atoms with E-state index in [1.54, 1.807) is 0 Å². The summed E-state index contributed by atoms with van der Waals surface area (Å²) in [6.07, 6.45) is 4.43. The number of benzene rings is 1. The molecule has 0 N–H and O–H groups in total. The Balaban J connectivity index is 2.22. The van der Waals surface area contributed by atoms with Gasteiger partial charge in [-0.1, -0.05) is 24.3 Å². The molecule has 2 heteroatoms. The van der Waals surface area contributed by atoms with Crippen LogP contribution in [0.4, 0.5) is 0 Å². The molecule has 82 valence electrons. The lowest BCUT2D eigenvalue weighted by molar-refractivity contribution is -0.845. The topological polar surface area (TPSA) is 17.1 Å². The smallest absolute Gasteiger partial charge is 0.252 e. The predicted octanol–water partition coefficient (Wildman–Crippen LogP) is 2.33. The highest BCUT2D eigenvalue weighted by Crippen LogP contribution is 2.36. The highest BCUT2D eigenvalue weighted by atomic mass is 16.2. The Morgan fingerprint density at radius 1 is 1.38 bits per heavy atom. The quantitative estimate of drug-likeness (QED) is 0.518. The Morgan fingerprint density at radius 2 is 2.19 bits per heavy atom. The Kier molecular flexibility index (Phi) is 2.01. The van der Waals surface area contributed by atoms with Crippen molar-refractivity contribution >= 4 is 5.91 Å². The van der Waals surface area contributed by atoms with Crippen LogP contribution >= 0.6 is 0 Å². The maximum atomic E-state index is 12.5. The maximum absolute atomic E-state index is 12.5. The molecule has 2 aliphatic rings. The molecule has 3 rings (SSSR count). The molecule has 0 aromatic heterocycles. The molecule has 0 saturated heterocycles. The third kappa shape index (κ3) is 1.14. The van der Waals surface area contributed by atoms with E-state index < -0.39 is 0 Å². The van der Waals surface area contributed by atoms with Crippen LogP contribution in [0.3, 0.4) is 0 Å². The van der Waals surface area contributed by atoms with Crippen molar-refractivity contribution in [3.8, 4) is 0 Å². The van der Waals surface area contributed by atoms with Crippen molar-refractivity contribution in [3.63, 3.8) is 0 Å². The molecule has 2 aliphatic heterocycles. The molecule has 0 radical (unpaired) electrons. The van der Waals surface area contributed by atoms with Crippen LogP contribution in [0.2, 0.25) is 0 Å². The monoisotopic (exact) mass is 214 g/mol. The van der Waals surface area contributed by atoms with E-state index in [2.05, 4.69) is 25.1 Å². The van der Waals surface area contributed by atoms with E-state index in [4.69, 9.17) is 0 Å². The normalized spacial score (nSPS) is 31.3. The summed E-state index contributed by atoms with van der Waals surface area (Å²) in [5.74, 6) is 0.737. The van der Waals surface area contributed by atoms with Gasteiger partial charge in [-0.05, 0) is 24.6 Å². The van der Waals surface area contributed by atoms with Crippen LogP contribution in [0.15, 0.2) is 36.4 Å². The average Bonchev–Trinajstić information content (AvgIpc) is 2.37. The number of hydrogen-bond acceptors (Lipinski definition) is 1. The third-order valence-electron chi connectivity index (χ3n) is 4.00. The molecule has 0 fully saturated rings.